The molecule has 2 aromatic rings. The molecule has 0 bridgehead atoms. The van der Waals surface area contributed by atoms with Crippen molar-refractivity contribution in [1.29, 1.82) is 0 Å². The van der Waals surface area contributed by atoms with E-state index >= 15 is 0 Å². The molecule has 0 aliphatic heterocycles. The first kappa shape index (κ1) is 10.7. The molecule has 0 amide bonds. The summed E-state index contributed by atoms with van der Waals surface area (Å²) in [5, 5.41) is 12.8. The number of nitrogens with one attached hydrogen (secondary N) is 1. The maximum absolute atomic E-state index is 8.82. The van der Waals surface area contributed by atoms with E-state index in [1.807, 2.05) is 32.3 Å². The first-order valence-electron chi connectivity index (χ1n) is 5.07. The average molecular weight is 218 g/mol. The van der Waals surface area contributed by atoms with Crippen molar-refractivity contribution in [2.75, 3.05) is 5.48 Å². The summed E-state index contributed by atoms with van der Waals surface area (Å²) in [6.45, 7) is 5.91. The van der Waals surface area contributed by atoms with Crippen LogP contribution in [0.15, 0.2) is 22.7 Å². The summed E-state index contributed by atoms with van der Waals surface area (Å²) in [7, 11) is 0. The second kappa shape index (κ2) is 3.98. The Kier molecular flexibility index (Phi) is 2.66. The van der Waals surface area contributed by atoms with Crippen LogP contribution in [0.2, 0.25) is 0 Å². The number of benzene rings is 1. The second-order valence-electron chi connectivity index (χ2n) is 3.92. The minimum absolute atomic E-state index is 0.288. The zero-order valence-electron chi connectivity index (χ0n) is 9.53. The highest BCUT2D eigenvalue weighted by molar-refractivity contribution is 5.70. The first-order valence-corrected chi connectivity index (χ1v) is 5.07. The van der Waals surface area contributed by atoms with Crippen LogP contribution in [0.3, 0.4) is 0 Å². The Morgan fingerprint density at radius 2 is 2.00 bits per heavy atom. The molecule has 0 atom stereocenters. The summed E-state index contributed by atoms with van der Waals surface area (Å²) in [6.07, 6.45) is 0. The summed E-state index contributed by atoms with van der Waals surface area (Å²) in [6, 6.07) is 6.16. The maximum Gasteiger partial charge on any atom is 0.251 e. The van der Waals surface area contributed by atoms with Gasteiger partial charge in [-0.05, 0) is 32.4 Å². The molecule has 0 spiro atoms. The molecule has 1 aromatic heterocycles. The lowest BCUT2D eigenvalue weighted by Gasteiger charge is -2.04. The van der Waals surface area contributed by atoms with E-state index in [2.05, 4.69) is 17.3 Å². The van der Waals surface area contributed by atoms with Gasteiger partial charge in [0.1, 0.15) is 5.69 Å². The molecule has 16 heavy (non-hydrogen) atoms. The van der Waals surface area contributed by atoms with Gasteiger partial charge in [-0.15, -0.1) is 0 Å². The summed E-state index contributed by atoms with van der Waals surface area (Å²) in [5.74, 6) is 0.288. The van der Waals surface area contributed by atoms with Gasteiger partial charge in [-0.25, -0.2) is 5.48 Å². The van der Waals surface area contributed by atoms with E-state index in [-0.39, 0.29) is 5.88 Å². The van der Waals surface area contributed by atoms with E-state index < -0.39 is 0 Å². The molecule has 2 rings (SSSR count). The molecule has 4 nitrogen and oxygen atoms in total. The van der Waals surface area contributed by atoms with Gasteiger partial charge in [0.15, 0.2) is 0 Å². The topological polar surface area (TPSA) is 58.3 Å². The highest BCUT2D eigenvalue weighted by Crippen LogP contribution is 2.30. The highest BCUT2D eigenvalue weighted by Gasteiger charge is 2.14. The molecule has 0 saturated heterocycles. The Labute approximate surface area is 93.8 Å². The standard InChI is InChI=1S/C12H14N2O2/c1-7-4-5-8(2)10(6-7)11-9(3)12(13-15)16-14-11/h4-6,13,15H,1-3H3. The predicted molar refractivity (Wildman–Crippen MR) is 61.6 cm³/mol. The summed E-state index contributed by atoms with van der Waals surface area (Å²) < 4.78 is 4.98. The van der Waals surface area contributed by atoms with Crippen LogP contribution in [0.4, 0.5) is 5.88 Å². The average Bonchev–Trinajstić information content (AvgIpc) is 2.63. The van der Waals surface area contributed by atoms with Crippen molar-refractivity contribution >= 4 is 5.88 Å². The third-order valence-electron chi connectivity index (χ3n) is 2.67. The minimum atomic E-state index is 0.288. The van der Waals surface area contributed by atoms with Crippen molar-refractivity contribution < 1.29 is 9.73 Å². The zero-order valence-corrected chi connectivity index (χ0v) is 9.53. The molecule has 1 aromatic carbocycles. The van der Waals surface area contributed by atoms with Crippen LogP contribution >= 0.6 is 0 Å². The highest BCUT2D eigenvalue weighted by atomic mass is 16.5. The summed E-state index contributed by atoms with van der Waals surface area (Å²) in [5.41, 5.74) is 6.88. The van der Waals surface area contributed by atoms with E-state index in [1.165, 1.54) is 5.56 Å². The van der Waals surface area contributed by atoms with Crippen LogP contribution < -0.4 is 5.48 Å². The Balaban J connectivity index is 2.58. The SMILES string of the molecule is Cc1ccc(C)c(-c2noc(NO)c2C)c1. The second-order valence-corrected chi connectivity index (χ2v) is 3.92. The molecule has 0 fully saturated rings. The van der Waals surface area contributed by atoms with Crippen molar-refractivity contribution in [3.05, 3.63) is 34.9 Å². The van der Waals surface area contributed by atoms with E-state index in [0.29, 0.717) is 0 Å². The van der Waals surface area contributed by atoms with E-state index in [1.54, 1.807) is 0 Å². The molecule has 0 aliphatic rings. The number of hydrogen-bond acceptors (Lipinski definition) is 4. The molecule has 4 heteroatoms. The maximum atomic E-state index is 8.82. The van der Waals surface area contributed by atoms with E-state index in [9.17, 15) is 0 Å². The lowest BCUT2D eigenvalue weighted by molar-refractivity contribution is 0.337. The normalized spacial score (nSPS) is 10.5. The Hall–Kier alpha value is -1.81. The minimum Gasteiger partial charge on any atom is -0.336 e. The van der Waals surface area contributed by atoms with Crippen molar-refractivity contribution in [2.24, 2.45) is 0 Å². The lowest BCUT2D eigenvalue weighted by Crippen LogP contribution is -1.90. The number of aromatic nitrogens is 1. The molecule has 0 aliphatic carbocycles. The fraction of sp³-hybridized carbons (Fsp3) is 0.250. The smallest absolute Gasteiger partial charge is 0.251 e. The van der Waals surface area contributed by atoms with Gasteiger partial charge in [-0.3, -0.25) is 5.21 Å². The van der Waals surface area contributed by atoms with Crippen molar-refractivity contribution in [3.63, 3.8) is 0 Å². The number of hydrogen-bond donors (Lipinski definition) is 2. The molecular formula is C12H14N2O2. The largest absolute Gasteiger partial charge is 0.336 e. The van der Waals surface area contributed by atoms with Gasteiger partial charge < -0.3 is 4.52 Å². The predicted octanol–water partition coefficient (Wildman–Crippen LogP) is 3.07. The Bertz CT molecular complexity index is 518. The van der Waals surface area contributed by atoms with Gasteiger partial charge in [0.2, 0.25) is 0 Å². The lowest BCUT2D eigenvalue weighted by atomic mass is 10.0. The third-order valence-corrected chi connectivity index (χ3v) is 2.67. The summed E-state index contributed by atoms with van der Waals surface area (Å²) >= 11 is 0. The monoisotopic (exact) mass is 218 g/mol. The molecule has 0 unspecified atom stereocenters. The van der Waals surface area contributed by atoms with Gasteiger partial charge in [-0.1, -0.05) is 22.9 Å². The van der Waals surface area contributed by atoms with E-state index in [4.69, 9.17) is 9.73 Å². The van der Waals surface area contributed by atoms with Gasteiger partial charge >= 0.3 is 0 Å². The molecule has 0 saturated carbocycles. The van der Waals surface area contributed by atoms with Gasteiger partial charge in [0, 0.05) is 11.1 Å². The number of rotatable bonds is 2. The van der Waals surface area contributed by atoms with Crippen LogP contribution in [-0.2, 0) is 0 Å². The molecule has 2 N–H and O–H groups in total. The van der Waals surface area contributed by atoms with Crippen molar-refractivity contribution in [3.8, 4) is 11.3 Å². The quantitative estimate of drug-likeness (QED) is 0.760. The zero-order chi connectivity index (χ0) is 11.7. The molecule has 1 heterocycles. The first-order chi connectivity index (χ1) is 7.63. The van der Waals surface area contributed by atoms with Gasteiger partial charge in [0.05, 0.1) is 0 Å². The van der Waals surface area contributed by atoms with Crippen molar-refractivity contribution in [1.82, 2.24) is 5.16 Å². The van der Waals surface area contributed by atoms with E-state index in [0.717, 1.165) is 22.4 Å². The number of nitrogens with zero attached hydrogens (tertiary/aromatic N) is 1. The van der Waals surface area contributed by atoms with Crippen LogP contribution in [0.25, 0.3) is 11.3 Å². The number of anilines is 1. The van der Waals surface area contributed by atoms with Gasteiger partial charge in [0.25, 0.3) is 5.88 Å². The summed E-state index contributed by atoms with van der Waals surface area (Å²) in [4.78, 5) is 0. The Morgan fingerprint density at radius 1 is 1.25 bits per heavy atom. The Morgan fingerprint density at radius 3 is 2.62 bits per heavy atom. The van der Waals surface area contributed by atoms with Crippen LogP contribution in [-0.4, -0.2) is 10.4 Å². The fourth-order valence-electron chi connectivity index (χ4n) is 1.68. The number of aryl methyl sites for hydroxylation is 2. The molecule has 0 radical (unpaired) electrons. The fourth-order valence-corrected chi connectivity index (χ4v) is 1.68. The van der Waals surface area contributed by atoms with Gasteiger partial charge in [-0.2, -0.15) is 0 Å². The van der Waals surface area contributed by atoms with Crippen LogP contribution in [0.5, 0.6) is 0 Å². The van der Waals surface area contributed by atoms with Crippen LogP contribution in [0.1, 0.15) is 16.7 Å². The van der Waals surface area contributed by atoms with Crippen LogP contribution in [0, 0.1) is 20.8 Å². The molecular weight excluding hydrogens is 204 g/mol. The molecule has 84 valence electrons. The third kappa shape index (κ3) is 1.67. The van der Waals surface area contributed by atoms with Crippen molar-refractivity contribution in [2.45, 2.75) is 20.8 Å².